The third-order valence-electron chi connectivity index (χ3n) is 5.61. The lowest BCUT2D eigenvalue weighted by Crippen LogP contribution is -2.35. The summed E-state index contributed by atoms with van der Waals surface area (Å²) in [7, 11) is 0. The van der Waals surface area contributed by atoms with Crippen LogP contribution in [0.4, 0.5) is 10.5 Å². The second kappa shape index (κ2) is 10.7. The zero-order valence-electron chi connectivity index (χ0n) is 18.1. The molecule has 0 spiro atoms. The van der Waals surface area contributed by atoms with E-state index in [0.29, 0.717) is 18.5 Å². The van der Waals surface area contributed by atoms with Crippen molar-refractivity contribution in [2.75, 3.05) is 4.90 Å². The Morgan fingerprint density at radius 3 is 2.52 bits per heavy atom. The van der Waals surface area contributed by atoms with Crippen LogP contribution in [0.25, 0.3) is 0 Å². The van der Waals surface area contributed by atoms with Crippen molar-refractivity contribution in [2.24, 2.45) is 0 Å². The fraction of sp³-hybridized carbons (Fsp3) is 0.458. The van der Waals surface area contributed by atoms with Gasteiger partial charge in [-0.15, -0.1) is 11.3 Å². The Balaban J connectivity index is 1.62. The first-order valence-electron chi connectivity index (χ1n) is 10.9. The van der Waals surface area contributed by atoms with Gasteiger partial charge in [0, 0.05) is 10.6 Å². The zero-order valence-corrected chi connectivity index (χ0v) is 18.9. The molecular weight excluding hydrogens is 412 g/mol. The maximum absolute atomic E-state index is 12.4. The number of aliphatic hydroxyl groups is 1. The van der Waals surface area contributed by atoms with Crippen molar-refractivity contribution in [3.63, 3.8) is 0 Å². The largest absolute Gasteiger partial charge is 0.388 e. The Kier molecular flexibility index (Phi) is 7.98. The molecule has 0 radical (unpaired) electrons. The minimum absolute atomic E-state index is 0.0575. The van der Waals surface area contributed by atoms with Crippen LogP contribution >= 0.6 is 11.3 Å². The van der Waals surface area contributed by atoms with Crippen molar-refractivity contribution in [1.82, 2.24) is 5.32 Å². The molecule has 3 amide bonds. The lowest BCUT2D eigenvalue weighted by atomic mass is 10.0. The predicted molar refractivity (Wildman–Crippen MR) is 123 cm³/mol. The Bertz CT molecular complexity index is 922. The average Bonchev–Trinajstić information content (AvgIpc) is 3.33. The molecule has 31 heavy (non-hydrogen) atoms. The number of nitrogens with one attached hydrogen (secondary N) is 1. The van der Waals surface area contributed by atoms with Gasteiger partial charge in [0.15, 0.2) is 5.78 Å². The minimum atomic E-state index is -0.555. The van der Waals surface area contributed by atoms with Gasteiger partial charge in [0.25, 0.3) is 5.91 Å². The number of hydrogen-bond acceptors (Lipinski definition) is 5. The van der Waals surface area contributed by atoms with Gasteiger partial charge >= 0.3 is 6.03 Å². The van der Waals surface area contributed by atoms with E-state index in [1.165, 1.54) is 16.2 Å². The highest BCUT2D eigenvalue weighted by Gasteiger charge is 2.38. The van der Waals surface area contributed by atoms with Crippen LogP contribution in [-0.4, -0.2) is 28.9 Å². The maximum atomic E-state index is 12.4. The van der Waals surface area contributed by atoms with E-state index >= 15 is 0 Å². The first kappa shape index (κ1) is 23.2. The summed E-state index contributed by atoms with van der Waals surface area (Å²) in [6.07, 6.45) is 5.39. The number of aryl methyl sites for hydroxylation is 1. The van der Waals surface area contributed by atoms with Crippen molar-refractivity contribution in [2.45, 2.75) is 70.9 Å². The molecular formula is C24H30N2O4S. The summed E-state index contributed by atoms with van der Waals surface area (Å²) in [5.74, 6) is -0.230. The summed E-state index contributed by atoms with van der Waals surface area (Å²) in [6.45, 7) is 3.68. The van der Waals surface area contributed by atoms with E-state index < -0.39 is 18.2 Å². The van der Waals surface area contributed by atoms with E-state index in [4.69, 9.17) is 0 Å². The second-order valence-electron chi connectivity index (χ2n) is 8.00. The molecule has 2 aromatic rings. The number of urea groups is 1. The number of amides is 3. The highest BCUT2D eigenvalue weighted by atomic mass is 32.1. The van der Waals surface area contributed by atoms with Gasteiger partial charge in [0.2, 0.25) is 0 Å². The number of ketones is 1. The summed E-state index contributed by atoms with van der Waals surface area (Å²) >= 11 is 1.48. The highest BCUT2D eigenvalue weighted by Crippen LogP contribution is 2.28. The van der Waals surface area contributed by atoms with Crippen molar-refractivity contribution in [3.05, 3.63) is 51.7 Å². The van der Waals surface area contributed by atoms with E-state index in [1.54, 1.807) is 19.1 Å². The second-order valence-corrected chi connectivity index (χ2v) is 9.17. The number of Topliss-reactive ketones (excluding diaryl/α,β-unsaturated/α-hetero) is 1. The molecule has 0 bridgehead atoms. The summed E-state index contributed by atoms with van der Waals surface area (Å²) in [5, 5.41) is 12.8. The van der Waals surface area contributed by atoms with Crippen molar-refractivity contribution in [1.29, 1.82) is 0 Å². The number of nitrogens with zero attached hydrogens (tertiary/aromatic N) is 1. The van der Waals surface area contributed by atoms with E-state index in [-0.39, 0.29) is 11.7 Å². The first-order chi connectivity index (χ1) is 14.9. The number of aliphatic hydroxyl groups excluding tert-OH is 1. The van der Waals surface area contributed by atoms with Gasteiger partial charge in [-0.3, -0.25) is 19.8 Å². The van der Waals surface area contributed by atoms with Gasteiger partial charge in [-0.1, -0.05) is 38.3 Å². The van der Waals surface area contributed by atoms with Crippen LogP contribution in [0.3, 0.4) is 0 Å². The van der Waals surface area contributed by atoms with Crippen molar-refractivity contribution in [3.8, 4) is 0 Å². The third kappa shape index (κ3) is 5.80. The highest BCUT2D eigenvalue weighted by molar-refractivity contribution is 7.14. The predicted octanol–water partition coefficient (Wildman–Crippen LogP) is 5.01. The number of thiophene rings is 1. The van der Waals surface area contributed by atoms with Crippen LogP contribution in [0.1, 0.15) is 78.6 Å². The first-order valence-corrected chi connectivity index (χ1v) is 11.7. The normalized spacial score (nSPS) is 17.1. The molecule has 7 heteroatoms. The summed E-state index contributed by atoms with van der Waals surface area (Å²) in [5.41, 5.74) is 1.47. The van der Waals surface area contributed by atoms with Crippen LogP contribution in [0.15, 0.2) is 36.4 Å². The molecule has 2 N–H and O–H groups in total. The number of benzene rings is 1. The lowest BCUT2D eigenvalue weighted by Gasteiger charge is -2.22. The molecule has 1 saturated heterocycles. The molecule has 1 aromatic heterocycles. The zero-order chi connectivity index (χ0) is 22.4. The van der Waals surface area contributed by atoms with Crippen LogP contribution < -0.4 is 10.2 Å². The molecule has 0 aliphatic carbocycles. The number of imide groups is 1. The Hall–Kier alpha value is -2.51. The van der Waals surface area contributed by atoms with Crippen LogP contribution in [0.5, 0.6) is 0 Å². The number of hydrogen-bond donors (Lipinski definition) is 2. The lowest BCUT2D eigenvalue weighted by molar-refractivity contribution is -0.120. The standard InChI is InChI=1S/C24H30N2O4S/c1-3-4-5-9-21(28)17-10-12-18(13-11-17)26-20(23(29)25-24(26)30)8-6-7-19-14-15-22(31-19)16(2)27/h10-15,20-21,28H,3-9H2,1-2H3,(H,25,29,30)/t20-,21+/m0/s1. The van der Waals surface area contributed by atoms with Crippen molar-refractivity contribution >= 4 is 34.7 Å². The van der Waals surface area contributed by atoms with Crippen molar-refractivity contribution < 1.29 is 19.5 Å². The molecule has 1 aliphatic rings. The Labute approximate surface area is 187 Å². The van der Waals surface area contributed by atoms with E-state index in [0.717, 1.165) is 47.4 Å². The molecule has 166 valence electrons. The SMILES string of the molecule is CCCCC[C@@H](O)c1ccc(N2C(=O)NC(=O)[C@@H]2CCCc2ccc(C(C)=O)s2)cc1. The number of carbonyl (C=O) groups excluding carboxylic acids is 3. The smallest absolute Gasteiger partial charge is 0.329 e. The fourth-order valence-electron chi connectivity index (χ4n) is 3.85. The molecule has 0 unspecified atom stereocenters. The maximum Gasteiger partial charge on any atom is 0.329 e. The van der Waals surface area contributed by atoms with Crippen LogP contribution in [0.2, 0.25) is 0 Å². The van der Waals surface area contributed by atoms with E-state index in [2.05, 4.69) is 12.2 Å². The third-order valence-corrected chi connectivity index (χ3v) is 6.86. The van der Waals surface area contributed by atoms with Gasteiger partial charge in [-0.25, -0.2) is 4.79 Å². The van der Waals surface area contributed by atoms with E-state index in [1.807, 2.05) is 24.3 Å². The molecule has 1 aromatic carbocycles. The molecule has 2 heterocycles. The van der Waals surface area contributed by atoms with Gasteiger partial charge < -0.3 is 5.11 Å². The molecule has 0 saturated carbocycles. The molecule has 1 fully saturated rings. The molecule has 1 aliphatic heterocycles. The Morgan fingerprint density at radius 2 is 1.87 bits per heavy atom. The number of rotatable bonds is 11. The molecule has 3 rings (SSSR count). The summed E-state index contributed by atoms with van der Waals surface area (Å²) < 4.78 is 0. The average molecular weight is 443 g/mol. The Morgan fingerprint density at radius 1 is 1.13 bits per heavy atom. The topological polar surface area (TPSA) is 86.7 Å². The van der Waals surface area contributed by atoms with Crippen LogP contribution in [-0.2, 0) is 11.2 Å². The van der Waals surface area contributed by atoms with Gasteiger partial charge in [0.1, 0.15) is 6.04 Å². The minimum Gasteiger partial charge on any atom is -0.388 e. The molecule has 2 atom stereocenters. The summed E-state index contributed by atoms with van der Waals surface area (Å²) in [4.78, 5) is 39.6. The fourth-order valence-corrected chi connectivity index (χ4v) is 4.79. The summed E-state index contributed by atoms with van der Waals surface area (Å²) in [6, 6.07) is 10.1. The van der Waals surface area contributed by atoms with E-state index in [9.17, 15) is 19.5 Å². The monoisotopic (exact) mass is 442 g/mol. The number of unbranched alkanes of at least 4 members (excludes halogenated alkanes) is 2. The van der Waals surface area contributed by atoms with Gasteiger partial charge in [-0.2, -0.15) is 0 Å². The van der Waals surface area contributed by atoms with Gasteiger partial charge in [0.05, 0.1) is 11.0 Å². The quantitative estimate of drug-likeness (QED) is 0.291. The molecule has 6 nitrogen and oxygen atoms in total. The van der Waals surface area contributed by atoms with Gasteiger partial charge in [-0.05, 0) is 62.4 Å². The number of anilines is 1. The van der Waals surface area contributed by atoms with Crippen LogP contribution in [0, 0.1) is 0 Å². The number of carbonyl (C=O) groups is 3.